The number of benzene rings is 1. The molecule has 0 saturated heterocycles. The summed E-state index contributed by atoms with van der Waals surface area (Å²) in [7, 11) is 0. The van der Waals surface area contributed by atoms with Gasteiger partial charge in [-0.15, -0.1) is 0 Å². The Morgan fingerprint density at radius 3 is 2.28 bits per heavy atom. The van der Waals surface area contributed by atoms with Crippen LogP contribution in [-0.4, -0.2) is 6.54 Å². The fourth-order valence-electron chi connectivity index (χ4n) is 3.13. The van der Waals surface area contributed by atoms with Crippen molar-refractivity contribution < 1.29 is 4.39 Å². The van der Waals surface area contributed by atoms with Gasteiger partial charge in [0.15, 0.2) is 0 Å². The van der Waals surface area contributed by atoms with Crippen molar-refractivity contribution in [2.45, 2.75) is 45.4 Å². The molecule has 0 radical (unpaired) electrons. The van der Waals surface area contributed by atoms with E-state index in [-0.39, 0.29) is 5.82 Å². The van der Waals surface area contributed by atoms with Crippen molar-refractivity contribution in [1.82, 2.24) is 0 Å². The summed E-state index contributed by atoms with van der Waals surface area (Å²) in [5.41, 5.74) is 7.63. The number of rotatable bonds is 3. The molecule has 2 heteroatoms. The van der Waals surface area contributed by atoms with Gasteiger partial charge in [0.1, 0.15) is 5.82 Å². The first-order valence-corrected chi connectivity index (χ1v) is 6.97. The van der Waals surface area contributed by atoms with E-state index in [0.29, 0.717) is 23.8 Å². The maximum Gasteiger partial charge on any atom is 0.123 e. The van der Waals surface area contributed by atoms with Crippen molar-refractivity contribution in [1.29, 1.82) is 0 Å². The van der Waals surface area contributed by atoms with Crippen molar-refractivity contribution in [2.24, 2.45) is 17.1 Å². The van der Waals surface area contributed by atoms with Gasteiger partial charge in [0.2, 0.25) is 0 Å². The van der Waals surface area contributed by atoms with Crippen LogP contribution in [0.5, 0.6) is 0 Å². The highest BCUT2D eigenvalue weighted by molar-refractivity contribution is 5.22. The summed E-state index contributed by atoms with van der Waals surface area (Å²) in [5, 5.41) is 0. The molecule has 0 aromatic heterocycles. The normalized spacial score (nSPS) is 21.8. The van der Waals surface area contributed by atoms with Crippen molar-refractivity contribution in [3.8, 4) is 0 Å². The molecule has 1 unspecified atom stereocenters. The molecule has 100 valence electrons. The maximum absolute atomic E-state index is 13.0. The number of hydrogen-bond acceptors (Lipinski definition) is 1. The molecule has 0 heterocycles. The summed E-state index contributed by atoms with van der Waals surface area (Å²) >= 11 is 0. The van der Waals surface area contributed by atoms with Crippen LogP contribution in [0.15, 0.2) is 24.3 Å². The molecule has 18 heavy (non-hydrogen) atoms. The van der Waals surface area contributed by atoms with Gasteiger partial charge in [-0.3, -0.25) is 0 Å². The second kappa shape index (κ2) is 5.40. The van der Waals surface area contributed by atoms with Crippen LogP contribution in [0.3, 0.4) is 0 Å². The van der Waals surface area contributed by atoms with Crippen molar-refractivity contribution >= 4 is 0 Å². The molecule has 2 N–H and O–H groups in total. The molecule has 2 rings (SSSR count). The fourth-order valence-corrected chi connectivity index (χ4v) is 3.13. The van der Waals surface area contributed by atoms with Crippen molar-refractivity contribution in [3.63, 3.8) is 0 Å². The van der Waals surface area contributed by atoms with Crippen LogP contribution in [-0.2, 0) is 0 Å². The molecule has 1 atom stereocenters. The van der Waals surface area contributed by atoms with E-state index in [2.05, 4.69) is 13.8 Å². The lowest BCUT2D eigenvalue weighted by molar-refractivity contribution is 0.173. The molecule has 0 spiro atoms. The molecule has 1 aromatic carbocycles. The minimum absolute atomic E-state index is 0.167. The zero-order valence-corrected chi connectivity index (χ0v) is 11.5. The predicted octanol–water partition coefficient (Wildman–Crippen LogP) is 4.08. The third-order valence-electron chi connectivity index (χ3n) is 4.50. The van der Waals surface area contributed by atoms with E-state index < -0.39 is 0 Å². The molecule has 1 aliphatic rings. The van der Waals surface area contributed by atoms with E-state index in [0.717, 1.165) is 0 Å². The Labute approximate surface area is 110 Å². The van der Waals surface area contributed by atoms with Crippen LogP contribution in [0, 0.1) is 17.2 Å². The molecular formula is C16H24FN. The largest absolute Gasteiger partial charge is 0.330 e. The van der Waals surface area contributed by atoms with Crippen LogP contribution in [0.2, 0.25) is 0 Å². The Morgan fingerprint density at radius 2 is 1.78 bits per heavy atom. The van der Waals surface area contributed by atoms with Gasteiger partial charge in [-0.25, -0.2) is 4.39 Å². The van der Waals surface area contributed by atoms with Gasteiger partial charge in [-0.2, -0.15) is 0 Å². The van der Waals surface area contributed by atoms with Gasteiger partial charge in [-0.1, -0.05) is 26.0 Å². The summed E-state index contributed by atoms with van der Waals surface area (Å²) in [6, 6.07) is 6.88. The van der Waals surface area contributed by atoms with E-state index >= 15 is 0 Å². The zero-order chi connectivity index (χ0) is 13.2. The van der Waals surface area contributed by atoms with Gasteiger partial charge in [0.25, 0.3) is 0 Å². The number of nitrogens with two attached hydrogens (primary N) is 1. The smallest absolute Gasteiger partial charge is 0.123 e. The zero-order valence-electron chi connectivity index (χ0n) is 11.5. The number of halogens is 1. The van der Waals surface area contributed by atoms with E-state index in [1.807, 2.05) is 12.1 Å². The summed E-state index contributed by atoms with van der Waals surface area (Å²) in [6.45, 7) is 5.36. The summed E-state index contributed by atoms with van der Waals surface area (Å²) in [6.07, 6.45) is 5.03. The van der Waals surface area contributed by atoms with Gasteiger partial charge in [-0.05, 0) is 67.2 Å². The second-order valence-corrected chi connectivity index (χ2v) is 6.40. The highest BCUT2D eigenvalue weighted by Crippen LogP contribution is 2.43. The maximum atomic E-state index is 13.0. The van der Waals surface area contributed by atoms with Crippen LogP contribution in [0.1, 0.15) is 51.0 Å². The molecule has 1 saturated carbocycles. The predicted molar refractivity (Wildman–Crippen MR) is 73.9 cm³/mol. The monoisotopic (exact) mass is 249 g/mol. The SMILES string of the molecule is CC1(C)CCC(C(CN)c2ccc(F)cc2)CC1. The van der Waals surface area contributed by atoms with E-state index in [1.54, 1.807) is 12.1 Å². The Morgan fingerprint density at radius 1 is 1.22 bits per heavy atom. The van der Waals surface area contributed by atoms with E-state index in [4.69, 9.17) is 5.73 Å². The third kappa shape index (κ3) is 3.11. The van der Waals surface area contributed by atoms with Crippen molar-refractivity contribution in [2.75, 3.05) is 6.54 Å². The molecule has 1 fully saturated rings. The van der Waals surface area contributed by atoms with Crippen LogP contribution in [0.4, 0.5) is 4.39 Å². The highest BCUT2D eigenvalue weighted by Gasteiger charge is 2.31. The van der Waals surface area contributed by atoms with Crippen LogP contribution < -0.4 is 5.73 Å². The van der Waals surface area contributed by atoms with Crippen molar-refractivity contribution in [3.05, 3.63) is 35.6 Å². The fraction of sp³-hybridized carbons (Fsp3) is 0.625. The lowest BCUT2D eigenvalue weighted by atomic mass is 9.68. The Kier molecular flexibility index (Phi) is 4.06. The molecule has 0 aliphatic heterocycles. The molecule has 1 nitrogen and oxygen atoms in total. The van der Waals surface area contributed by atoms with Crippen LogP contribution >= 0.6 is 0 Å². The summed E-state index contributed by atoms with van der Waals surface area (Å²) in [5.74, 6) is 0.884. The van der Waals surface area contributed by atoms with Crippen LogP contribution in [0.25, 0.3) is 0 Å². The molecular weight excluding hydrogens is 225 g/mol. The van der Waals surface area contributed by atoms with Gasteiger partial charge in [0.05, 0.1) is 0 Å². The minimum atomic E-state index is -0.167. The second-order valence-electron chi connectivity index (χ2n) is 6.40. The molecule has 0 amide bonds. The first-order valence-electron chi connectivity index (χ1n) is 6.97. The average Bonchev–Trinajstić information content (AvgIpc) is 2.34. The Balaban J connectivity index is 2.08. The van der Waals surface area contributed by atoms with Gasteiger partial charge < -0.3 is 5.73 Å². The standard InChI is InChI=1S/C16H24FN/c1-16(2)9-7-13(8-10-16)15(11-18)12-3-5-14(17)6-4-12/h3-6,13,15H,7-11,18H2,1-2H3. The Bertz CT molecular complexity index is 373. The average molecular weight is 249 g/mol. The molecule has 0 bridgehead atoms. The van der Waals surface area contributed by atoms with E-state index in [9.17, 15) is 4.39 Å². The van der Waals surface area contributed by atoms with E-state index in [1.165, 1.54) is 31.2 Å². The topological polar surface area (TPSA) is 26.0 Å². The minimum Gasteiger partial charge on any atom is -0.330 e. The van der Waals surface area contributed by atoms with Gasteiger partial charge in [0, 0.05) is 0 Å². The number of hydrogen-bond donors (Lipinski definition) is 1. The first-order chi connectivity index (χ1) is 8.52. The highest BCUT2D eigenvalue weighted by atomic mass is 19.1. The Hall–Kier alpha value is -0.890. The molecule has 1 aliphatic carbocycles. The lowest BCUT2D eigenvalue weighted by Crippen LogP contribution is -2.28. The molecule has 1 aromatic rings. The third-order valence-corrected chi connectivity index (χ3v) is 4.50. The first kappa shape index (κ1) is 13.5. The summed E-state index contributed by atoms with van der Waals surface area (Å²) < 4.78 is 13.0. The van der Waals surface area contributed by atoms with Gasteiger partial charge >= 0.3 is 0 Å². The quantitative estimate of drug-likeness (QED) is 0.858. The summed E-state index contributed by atoms with van der Waals surface area (Å²) in [4.78, 5) is 0. The lowest BCUT2D eigenvalue weighted by Gasteiger charge is -2.38.